The highest BCUT2D eigenvalue weighted by atomic mass is 32.2. The normalized spacial score (nSPS) is 18.4. The fraction of sp³-hybridized carbons (Fsp3) is 0.583. The first kappa shape index (κ1) is 17.1. The molecule has 10 heteroatoms. The van der Waals surface area contributed by atoms with Crippen molar-refractivity contribution in [3.8, 4) is 5.75 Å². The lowest BCUT2D eigenvalue weighted by Gasteiger charge is -2.15. The molecule has 1 N–H and O–H groups in total. The first-order chi connectivity index (χ1) is 10.4. The molecular weight excluding hydrogens is 330 g/mol. The third-order valence-corrected chi connectivity index (χ3v) is 6.50. The zero-order valence-corrected chi connectivity index (χ0v) is 13.9. The molecule has 0 amide bonds. The van der Waals surface area contributed by atoms with Gasteiger partial charge in [0.2, 0.25) is 15.0 Å². The van der Waals surface area contributed by atoms with Crippen molar-refractivity contribution in [3.63, 3.8) is 0 Å². The largest absolute Gasteiger partial charge is 0.491 e. The van der Waals surface area contributed by atoms with Crippen molar-refractivity contribution < 1.29 is 21.6 Å². The number of hydrogen-bond acceptors (Lipinski definition) is 6. The van der Waals surface area contributed by atoms with E-state index in [-0.39, 0.29) is 29.6 Å². The molecule has 1 fully saturated rings. The Morgan fingerprint density at radius 1 is 1.45 bits per heavy atom. The maximum Gasteiger partial charge on any atom is 0.261 e. The highest BCUT2D eigenvalue weighted by Gasteiger charge is 2.28. The molecule has 0 bridgehead atoms. The van der Waals surface area contributed by atoms with Gasteiger partial charge < -0.3 is 4.74 Å². The average Bonchev–Trinajstić information content (AvgIpc) is 2.79. The molecule has 22 heavy (non-hydrogen) atoms. The molecule has 2 heterocycles. The van der Waals surface area contributed by atoms with Gasteiger partial charge in [-0.05, 0) is 25.5 Å². The molecule has 8 nitrogen and oxygen atoms in total. The van der Waals surface area contributed by atoms with Crippen LogP contribution in [0.2, 0.25) is 0 Å². The summed E-state index contributed by atoms with van der Waals surface area (Å²) in [5, 5.41) is -0.193. The second kappa shape index (κ2) is 6.90. The van der Waals surface area contributed by atoms with Gasteiger partial charge in [0.15, 0.2) is 5.75 Å². The smallest absolute Gasteiger partial charge is 0.261 e. The zero-order chi connectivity index (χ0) is 16.2. The van der Waals surface area contributed by atoms with Gasteiger partial charge in [0.1, 0.15) is 0 Å². The Bertz CT molecular complexity index is 718. The third-order valence-electron chi connectivity index (χ3n) is 3.15. The predicted octanol–water partition coefficient (Wildman–Crippen LogP) is -0.206. The van der Waals surface area contributed by atoms with E-state index in [4.69, 9.17) is 4.74 Å². The van der Waals surface area contributed by atoms with E-state index in [9.17, 15) is 16.8 Å². The van der Waals surface area contributed by atoms with Crippen LogP contribution in [-0.4, -0.2) is 58.1 Å². The van der Waals surface area contributed by atoms with E-state index >= 15 is 0 Å². The highest BCUT2D eigenvalue weighted by molar-refractivity contribution is 7.89. The maximum absolute atomic E-state index is 12.2. The van der Waals surface area contributed by atoms with E-state index in [2.05, 4.69) is 9.71 Å². The van der Waals surface area contributed by atoms with Crippen molar-refractivity contribution >= 4 is 20.0 Å². The Hall–Kier alpha value is -1.23. The summed E-state index contributed by atoms with van der Waals surface area (Å²) in [5.74, 6) is 0.292. The molecule has 0 saturated carbocycles. The van der Waals surface area contributed by atoms with Crippen LogP contribution in [0.3, 0.4) is 0 Å². The van der Waals surface area contributed by atoms with Gasteiger partial charge in [0, 0.05) is 25.8 Å². The number of pyridine rings is 1. The monoisotopic (exact) mass is 349 g/mol. The highest BCUT2D eigenvalue weighted by Crippen LogP contribution is 2.20. The molecule has 1 saturated heterocycles. The Balaban J connectivity index is 2.03. The standard InChI is InChI=1S/C12H19N3O5S2/c1-2-20-11-5-3-6-13-12(11)22(18,19)14-7-9-15-8-4-10-21(15,16)17/h3,5-6,14H,2,4,7-10H2,1H3. The molecule has 1 aliphatic heterocycles. The Kier molecular flexibility index (Phi) is 5.37. The molecule has 0 aliphatic carbocycles. The number of rotatable bonds is 7. The van der Waals surface area contributed by atoms with E-state index in [1.807, 2.05) is 0 Å². The molecule has 0 aromatic carbocycles. The minimum atomic E-state index is -3.85. The topological polar surface area (TPSA) is 106 Å². The van der Waals surface area contributed by atoms with E-state index in [1.54, 1.807) is 13.0 Å². The summed E-state index contributed by atoms with van der Waals surface area (Å²) in [6.45, 7) is 2.59. The lowest BCUT2D eigenvalue weighted by Crippen LogP contribution is -2.36. The van der Waals surface area contributed by atoms with Gasteiger partial charge in [-0.2, -0.15) is 0 Å². The predicted molar refractivity (Wildman–Crippen MR) is 80.6 cm³/mol. The summed E-state index contributed by atoms with van der Waals surface area (Å²) in [6, 6.07) is 3.11. The number of nitrogens with zero attached hydrogens (tertiary/aromatic N) is 2. The number of ether oxygens (including phenoxy) is 1. The second-order valence-corrected chi connectivity index (χ2v) is 8.48. The minimum Gasteiger partial charge on any atom is -0.491 e. The first-order valence-corrected chi connectivity index (χ1v) is 10.0. The zero-order valence-electron chi connectivity index (χ0n) is 12.2. The van der Waals surface area contributed by atoms with Crippen LogP contribution in [0.1, 0.15) is 13.3 Å². The van der Waals surface area contributed by atoms with Crippen LogP contribution in [-0.2, 0) is 20.0 Å². The van der Waals surface area contributed by atoms with Crippen LogP contribution in [0.5, 0.6) is 5.75 Å². The van der Waals surface area contributed by atoms with Gasteiger partial charge in [0.05, 0.1) is 12.4 Å². The van der Waals surface area contributed by atoms with Crippen LogP contribution in [0.15, 0.2) is 23.4 Å². The van der Waals surface area contributed by atoms with Crippen LogP contribution >= 0.6 is 0 Å². The summed E-state index contributed by atoms with van der Waals surface area (Å²) in [6.07, 6.45) is 1.94. The van der Waals surface area contributed by atoms with Gasteiger partial charge in [-0.1, -0.05) is 0 Å². The van der Waals surface area contributed by atoms with Crippen LogP contribution in [0.25, 0.3) is 0 Å². The first-order valence-electron chi connectivity index (χ1n) is 6.92. The minimum absolute atomic E-state index is 0.0102. The van der Waals surface area contributed by atoms with Crippen LogP contribution in [0.4, 0.5) is 0 Å². The average molecular weight is 349 g/mol. The lowest BCUT2D eigenvalue weighted by molar-refractivity contribution is 0.327. The third kappa shape index (κ3) is 3.94. The van der Waals surface area contributed by atoms with Crippen LogP contribution < -0.4 is 9.46 Å². The summed E-state index contributed by atoms with van der Waals surface area (Å²) in [5.41, 5.74) is 0. The fourth-order valence-electron chi connectivity index (χ4n) is 2.16. The summed E-state index contributed by atoms with van der Waals surface area (Å²) >= 11 is 0. The summed E-state index contributed by atoms with van der Waals surface area (Å²) < 4.78 is 56.7. The van der Waals surface area contributed by atoms with Gasteiger partial charge in [-0.15, -0.1) is 0 Å². The fourth-order valence-corrected chi connectivity index (χ4v) is 4.78. The van der Waals surface area contributed by atoms with Crippen molar-refractivity contribution in [1.29, 1.82) is 0 Å². The molecule has 2 rings (SSSR count). The van der Waals surface area contributed by atoms with Crippen molar-refractivity contribution in [2.24, 2.45) is 0 Å². The molecule has 1 aliphatic rings. The molecule has 1 aromatic heterocycles. The number of hydrogen-bond donors (Lipinski definition) is 1. The molecule has 0 unspecified atom stereocenters. The Labute approximate surface area is 130 Å². The van der Waals surface area contributed by atoms with Crippen molar-refractivity contribution in [3.05, 3.63) is 18.3 Å². The Morgan fingerprint density at radius 2 is 2.23 bits per heavy atom. The van der Waals surface area contributed by atoms with Gasteiger partial charge >= 0.3 is 0 Å². The van der Waals surface area contributed by atoms with Gasteiger partial charge in [0.25, 0.3) is 10.0 Å². The molecule has 0 atom stereocenters. The molecule has 124 valence electrons. The van der Waals surface area contributed by atoms with Gasteiger partial charge in [-0.3, -0.25) is 0 Å². The Morgan fingerprint density at radius 3 is 2.86 bits per heavy atom. The van der Waals surface area contributed by atoms with E-state index < -0.39 is 20.0 Å². The van der Waals surface area contributed by atoms with E-state index in [0.717, 1.165) is 0 Å². The van der Waals surface area contributed by atoms with Crippen molar-refractivity contribution in [2.75, 3.05) is 32.0 Å². The van der Waals surface area contributed by atoms with Crippen LogP contribution in [0, 0.1) is 0 Å². The second-order valence-electron chi connectivity index (χ2n) is 4.71. The summed E-state index contributed by atoms with van der Waals surface area (Å²) in [4.78, 5) is 3.84. The molecular formula is C12H19N3O5S2. The number of nitrogens with one attached hydrogen (secondary N) is 1. The number of aromatic nitrogens is 1. The van der Waals surface area contributed by atoms with Gasteiger partial charge in [-0.25, -0.2) is 30.8 Å². The van der Waals surface area contributed by atoms with E-state index in [1.165, 1.54) is 16.6 Å². The van der Waals surface area contributed by atoms with Crippen molar-refractivity contribution in [1.82, 2.24) is 14.0 Å². The summed E-state index contributed by atoms with van der Waals surface area (Å²) in [7, 11) is -7.08. The molecule has 0 spiro atoms. The quantitative estimate of drug-likeness (QED) is 0.730. The SMILES string of the molecule is CCOc1cccnc1S(=O)(=O)NCCN1CCCS1(=O)=O. The van der Waals surface area contributed by atoms with E-state index in [0.29, 0.717) is 19.6 Å². The lowest BCUT2D eigenvalue weighted by atomic mass is 10.5. The maximum atomic E-state index is 12.2. The molecule has 1 aromatic rings. The van der Waals surface area contributed by atoms with Crippen molar-refractivity contribution in [2.45, 2.75) is 18.4 Å². The number of sulfonamides is 2. The molecule has 0 radical (unpaired) electrons.